The van der Waals surface area contributed by atoms with E-state index in [1.165, 1.54) is 11.1 Å². The van der Waals surface area contributed by atoms with Gasteiger partial charge in [0.2, 0.25) is 0 Å². The molecule has 0 fully saturated rings. The molecule has 0 bridgehead atoms. The first kappa shape index (κ1) is 11.7. The van der Waals surface area contributed by atoms with Gasteiger partial charge in [-0.15, -0.1) is 0 Å². The molecule has 0 radical (unpaired) electrons. The number of aryl methyl sites for hydroxylation is 2. The van der Waals surface area contributed by atoms with Crippen molar-refractivity contribution in [1.82, 2.24) is 14.5 Å². The number of nitrogen functional groups attached to an aromatic ring is 1. The molecule has 3 aromatic rings. The highest BCUT2D eigenvalue weighted by Crippen LogP contribution is 2.20. The first-order valence-corrected chi connectivity index (χ1v) is 6.27. The quantitative estimate of drug-likeness (QED) is 0.713. The number of pyridine rings is 1. The number of anilines is 1. The van der Waals surface area contributed by atoms with E-state index in [2.05, 4.69) is 27.5 Å². The Morgan fingerprint density at radius 3 is 2.84 bits per heavy atom. The van der Waals surface area contributed by atoms with Crippen LogP contribution in [0.2, 0.25) is 0 Å². The number of hydrogen-bond donors (Lipinski definition) is 1. The van der Waals surface area contributed by atoms with E-state index in [0.29, 0.717) is 0 Å². The van der Waals surface area contributed by atoms with Gasteiger partial charge in [0.05, 0.1) is 11.0 Å². The molecule has 2 aromatic heterocycles. The fourth-order valence-electron chi connectivity index (χ4n) is 2.32. The molecule has 4 nitrogen and oxygen atoms in total. The highest BCUT2D eigenvalue weighted by Gasteiger charge is 2.09. The van der Waals surface area contributed by atoms with Gasteiger partial charge in [0.1, 0.15) is 5.82 Å². The monoisotopic (exact) mass is 252 g/mol. The summed E-state index contributed by atoms with van der Waals surface area (Å²) in [6.07, 6.45) is 3.72. The van der Waals surface area contributed by atoms with E-state index in [0.717, 1.165) is 29.1 Å². The first-order chi connectivity index (χ1) is 9.15. The van der Waals surface area contributed by atoms with Crippen molar-refractivity contribution < 1.29 is 0 Å². The van der Waals surface area contributed by atoms with Crippen LogP contribution in [0.3, 0.4) is 0 Å². The Kier molecular flexibility index (Phi) is 2.71. The lowest BCUT2D eigenvalue weighted by Gasteiger charge is -2.09. The third kappa shape index (κ3) is 2.05. The molecule has 0 aliphatic heterocycles. The largest absolute Gasteiger partial charge is 0.399 e. The number of nitrogens with zero attached hydrogens (tertiary/aromatic N) is 3. The average molecular weight is 252 g/mol. The fraction of sp³-hybridized carbons (Fsp3) is 0.200. The molecule has 0 unspecified atom stereocenters. The smallest absolute Gasteiger partial charge is 0.107 e. The Hall–Kier alpha value is -2.36. The van der Waals surface area contributed by atoms with Gasteiger partial charge in [0, 0.05) is 24.6 Å². The van der Waals surface area contributed by atoms with Crippen LogP contribution in [-0.4, -0.2) is 14.5 Å². The number of rotatable bonds is 2. The topological polar surface area (TPSA) is 56.7 Å². The summed E-state index contributed by atoms with van der Waals surface area (Å²) in [5.41, 5.74) is 11.1. The normalized spacial score (nSPS) is 11.1. The van der Waals surface area contributed by atoms with Crippen LogP contribution in [0.25, 0.3) is 11.0 Å². The van der Waals surface area contributed by atoms with Gasteiger partial charge in [-0.1, -0.05) is 0 Å². The van der Waals surface area contributed by atoms with E-state index in [1.807, 2.05) is 37.5 Å². The lowest BCUT2D eigenvalue weighted by atomic mass is 10.1. The van der Waals surface area contributed by atoms with Crippen LogP contribution in [0.4, 0.5) is 5.69 Å². The van der Waals surface area contributed by atoms with Crippen LogP contribution in [-0.2, 0) is 6.54 Å². The molecule has 1 aromatic carbocycles. The summed E-state index contributed by atoms with van der Waals surface area (Å²) in [6.45, 7) is 4.90. The van der Waals surface area contributed by atoms with Crippen molar-refractivity contribution in [1.29, 1.82) is 0 Å². The summed E-state index contributed by atoms with van der Waals surface area (Å²) in [5.74, 6) is 0.997. The lowest BCUT2D eigenvalue weighted by Crippen LogP contribution is -2.03. The Labute approximate surface area is 111 Å². The van der Waals surface area contributed by atoms with Crippen molar-refractivity contribution in [3.63, 3.8) is 0 Å². The summed E-state index contributed by atoms with van der Waals surface area (Å²) in [7, 11) is 0. The van der Waals surface area contributed by atoms with E-state index >= 15 is 0 Å². The molecule has 4 heteroatoms. The Morgan fingerprint density at radius 2 is 2.05 bits per heavy atom. The van der Waals surface area contributed by atoms with Gasteiger partial charge in [0.25, 0.3) is 0 Å². The number of aromatic nitrogens is 3. The molecule has 0 amide bonds. The predicted octanol–water partition coefficient (Wildman–Crippen LogP) is 2.68. The molecular formula is C15H16N4. The maximum absolute atomic E-state index is 5.80. The van der Waals surface area contributed by atoms with Crippen LogP contribution in [0.5, 0.6) is 0 Å². The lowest BCUT2D eigenvalue weighted by molar-refractivity contribution is 0.779. The molecule has 0 saturated heterocycles. The molecule has 0 saturated carbocycles. The van der Waals surface area contributed by atoms with Crippen LogP contribution in [0.15, 0.2) is 36.7 Å². The van der Waals surface area contributed by atoms with Crippen LogP contribution < -0.4 is 5.73 Å². The number of benzene rings is 1. The molecule has 3 rings (SSSR count). The minimum atomic E-state index is 0.747. The molecule has 2 heterocycles. The van der Waals surface area contributed by atoms with Crippen molar-refractivity contribution in [3.05, 3.63) is 53.6 Å². The van der Waals surface area contributed by atoms with E-state index in [9.17, 15) is 0 Å². The van der Waals surface area contributed by atoms with Crippen molar-refractivity contribution in [2.45, 2.75) is 20.4 Å². The molecule has 0 atom stereocenters. The number of imidazole rings is 1. The number of hydrogen-bond acceptors (Lipinski definition) is 3. The molecule has 2 N–H and O–H groups in total. The summed E-state index contributed by atoms with van der Waals surface area (Å²) >= 11 is 0. The number of nitrogens with two attached hydrogens (primary N) is 1. The summed E-state index contributed by atoms with van der Waals surface area (Å²) in [4.78, 5) is 8.70. The molecular weight excluding hydrogens is 236 g/mol. The second kappa shape index (κ2) is 4.39. The van der Waals surface area contributed by atoms with Gasteiger partial charge in [-0.25, -0.2) is 4.98 Å². The van der Waals surface area contributed by atoms with Gasteiger partial charge in [-0.3, -0.25) is 4.98 Å². The molecule has 96 valence electrons. The average Bonchev–Trinajstić information content (AvgIpc) is 2.68. The molecule has 0 aliphatic rings. The van der Waals surface area contributed by atoms with Crippen LogP contribution in [0.1, 0.15) is 17.0 Å². The third-order valence-electron chi connectivity index (χ3n) is 3.43. The van der Waals surface area contributed by atoms with Gasteiger partial charge in [-0.05, 0) is 49.2 Å². The van der Waals surface area contributed by atoms with Crippen molar-refractivity contribution in [3.8, 4) is 0 Å². The Bertz CT molecular complexity index is 743. The minimum absolute atomic E-state index is 0.747. The maximum atomic E-state index is 5.80. The zero-order valence-electron chi connectivity index (χ0n) is 11.1. The zero-order valence-corrected chi connectivity index (χ0v) is 11.1. The number of fused-ring (bicyclic) bond motifs is 1. The molecule has 0 aliphatic carbocycles. The van der Waals surface area contributed by atoms with Crippen molar-refractivity contribution >= 4 is 16.7 Å². The van der Waals surface area contributed by atoms with Gasteiger partial charge in [-0.2, -0.15) is 0 Å². The standard InChI is InChI=1S/C15H16N4/c1-10-8-17-6-5-12(10)9-19-11(2)18-14-7-13(16)3-4-15(14)19/h3-8H,9,16H2,1-2H3. The summed E-state index contributed by atoms with van der Waals surface area (Å²) in [6, 6.07) is 7.91. The molecule has 19 heavy (non-hydrogen) atoms. The SMILES string of the molecule is Cc1cnccc1Cn1c(C)nc2cc(N)ccc21. The Balaban J connectivity index is 2.10. The fourth-order valence-corrected chi connectivity index (χ4v) is 2.32. The predicted molar refractivity (Wildman–Crippen MR) is 77.0 cm³/mol. The second-order valence-corrected chi connectivity index (χ2v) is 4.80. The van der Waals surface area contributed by atoms with Crippen molar-refractivity contribution in [2.24, 2.45) is 0 Å². The van der Waals surface area contributed by atoms with E-state index in [-0.39, 0.29) is 0 Å². The van der Waals surface area contributed by atoms with Crippen molar-refractivity contribution in [2.75, 3.05) is 5.73 Å². The first-order valence-electron chi connectivity index (χ1n) is 6.27. The summed E-state index contributed by atoms with van der Waals surface area (Å²) < 4.78 is 2.21. The van der Waals surface area contributed by atoms with Crippen LogP contribution in [0, 0.1) is 13.8 Å². The van der Waals surface area contributed by atoms with Gasteiger partial charge >= 0.3 is 0 Å². The van der Waals surface area contributed by atoms with Crippen LogP contribution >= 0.6 is 0 Å². The maximum Gasteiger partial charge on any atom is 0.107 e. The van der Waals surface area contributed by atoms with E-state index in [4.69, 9.17) is 5.73 Å². The highest BCUT2D eigenvalue weighted by molar-refractivity contribution is 5.79. The van der Waals surface area contributed by atoms with Gasteiger partial charge < -0.3 is 10.3 Å². The minimum Gasteiger partial charge on any atom is -0.399 e. The second-order valence-electron chi connectivity index (χ2n) is 4.80. The van der Waals surface area contributed by atoms with E-state index in [1.54, 1.807) is 0 Å². The van der Waals surface area contributed by atoms with Gasteiger partial charge in [0.15, 0.2) is 0 Å². The summed E-state index contributed by atoms with van der Waals surface area (Å²) in [5, 5.41) is 0. The Morgan fingerprint density at radius 1 is 1.21 bits per heavy atom. The zero-order chi connectivity index (χ0) is 13.4. The molecule has 0 spiro atoms. The third-order valence-corrected chi connectivity index (χ3v) is 3.43. The van der Waals surface area contributed by atoms with E-state index < -0.39 is 0 Å². The highest BCUT2D eigenvalue weighted by atomic mass is 15.1.